The van der Waals surface area contributed by atoms with E-state index < -0.39 is 0 Å². The van der Waals surface area contributed by atoms with E-state index in [1.165, 1.54) is 75.1 Å². The summed E-state index contributed by atoms with van der Waals surface area (Å²) in [5, 5.41) is 0. The van der Waals surface area contributed by atoms with Gasteiger partial charge in [0.1, 0.15) is 6.79 Å². The monoisotopic (exact) mass is 608 g/mol. The van der Waals surface area contributed by atoms with Gasteiger partial charge in [0.05, 0.1) is 0 Å². The number of halogens is 1. The minimum atomic E-state index is 0.472. The molecule has 0 radical (unpaired) electrons. The van der Waals surface area contributed by atoms with Gasteiger partial charge in [-0.25, -0.2) is 0 Å². The lowest BCUT2D eigenvalue weighted by molar-refractivity contribution is -0.0561. The maximum atomic E-state index is 5.64. The van der Waals surface area contributed by atoms with Crippen LogP contribution in [0.25, 0.3) is 0 Å². The van der Waals surface area contributed by atoms with Crippen molar-refractivity contribution in [3.8, 4) is 0 Å². The molecule has 0 amide bonds. The zero-order valence-electron chi connectivity index (χ0n) is 25.3. The van der Waals surface area contributed by atoms with E-state index in [2.05, 4.69) is 78.0 Å². The molecule has 0 aromatic heterocycles. The van der Waals surface area contributed by atoms with Gasteiger partial charge in [0, 0.05) is 13.2 Å². The summed E-state index contributed by atoms with van der Waals surface area (Å²) < 4.78 is 12.5. The Morgan fingerprint density at radius 2 is 0.857 bits per heavy atom. The molecule has 212 valence electrons. The summed E-state index contributed by atoms with van der Waals surface area (Å²) in [5.74, 6) is 5.97. The molecule has 0 aromatic carbocycles. The summed E-state index contributed by atoms with van der Waals surface area (Å²) in [4.78, 5) is 0. The van der Waals surface area contributed by atoms with Gasteiger partial charge in [-0.15, -0.1) is 0 Å². The van der Waals surface area contributed by atoms with Crippen molar-refractivity contribution in [2.24, 2.45) is 41.4 Å². The van der Waals surface area contributed by atoms with E-state index in [1.54, 1.807) is 0 Å². The molecule has 0 heterocycles. The van der Waals surface area contributed by atoms with Gasteiger partial charge in [-0.2, -0.15) is 0 Å². The second kappa shape index (κ2) is 23.7. The first kappa shape index (κ1) is 35.6. The van der Waals surface area contributed by atoms with Crippen molar-refractivity contribution < 1.29 is 9.47 Å². The smallest absolute Gasteiger partial charge is 0.146 e. The maximum absolute atomic E-state index is 5.64. The zero-order valence-corrected chi connectivity index (χ0v) is 27.4. The predicted molar refractivity (Wildman–Crippen MR) is 166 cm³/mol. The van der Waals surface area contributed by atoms with Crippen LogP contribution in [0.15, 0.2) is 0 Å². The largest absolute Gasteiger partial charge is 0.355 e. The summed E-state index contributed by atoms with van der Waals surface area (Å²) >= 11 is 2.51. The van der Waals surface area contributed by atoms with Crippen molar-refractivity contribution in [1.82, 2.24) is 0 Å². The summed E-state index contributed by atoms with van der Waals surface area (Å²) in [6.45, 7) is 21.7. The van der Waals surface area contributed by atoms with Crippen molar-refractivity contribution in [2.45, 2.75) is 139 Å². The molecule has 0 aromatic rings. The molecule has 0 rings (SSSR count). The third-order valence-corrected chi connectivity index (χ3v) is 8.47. The fraction of sp³-hybridized carbons (Fsp3) is 1.00. The summed E-state index contributed by atoms with van der Waals surface area (Å²) in [6.07, 6.45) is 17.3. The molecule has 0 aliphatic carbocycles. The lowest BCUT2D eigenvalue weighted by Gasteiger charge is -2.26. The second-order valence-corrected chi connectivity index (χ2v) is 13.8. The van der Waals surface area contributed by atoms with Crippen LogP contribution in [0.1, 0.15) is 139 Å². The topological polar surface area (TPSA) is 18.5 Å². The molecule has 3 heteroatoms. The maximum Gasteiger partial charge on any atom is 0.146 e. The van der Waals surface area contributed by atoms with Crippen molar-refractivity contribution in [3.63, 3.8) is 0 Å². The second-order valence-electron chi connectivity index (χ2n) is 12.8. The molecule has 0 saturated heterocycles. The number of hydrogen-bond acceptors (Lipinski definition) is 2. The molecule has 0 saturated carbocycles. The average molecular weight is 609 g/mol. The highest BCUT2D eigenvalue weighted by atomic mass is 127. The quantitative estimate of drug-likeness (QED) is 0.0444. The fourth-order valence-corrected chi connectivity index (χ4v) is 6.87. The van der Waals surface area contributed by atoms with Gasteiger partial charge in [-0.3, -0.25) is 0 Å². The Balaban J connectivity index is 3.91. The van der Waals surface area contributed by atoms with E-state index in [1.807, 2.05) is 0 Å². The molecule has 7 unspecified atom stereocenters. The molecule has 2 nitrogen and oxygen atoms in total. The number of ether oxygens (including phenoxy) is 2. The standard InChI is InChI=1S/C32H65IO2/c1-9-10-11-17-34-25-35-18-13-15-27(3)20-29(5)22-31(7)24-32(8)23-30(6)21-28(4)19-26(2)14-12-16-33/h26-32H,9-25H2,1-8H3. The Labute approximate surface area is 236 Å². The highest BCUT2D eigenvalue weighted by Gasteiger charge is 2.18. The van der Waals surface area contributed by atoms with Crippen LogP contribution in [0.3, 0.4) is 0 Å². The Hall–Kier alpha value is 0.650. The molecule has 0 spiro atoms. The van der Waals surface area contributed by atoms with Crippen LogP contribution in [0.5, 0.6) is 0 Å². The van der Waals surface area contributed by atoms with Crippen LogP contribution < -0.4 is 0 Å². The van der Waals surface area contributed by atoms with Gasteiger partial charge < -0.3 is 9.47 Å². The molecule has 0 N–H and O–H groups in total. The van der Waals surface area contributed by atoms with Gasteiger partial charge in [-0.05, 0) is 116 Å². The summed E-state index contributed by atoms with van der Waals surface area (Å²) in [6, 6.07) is 0. The zero-order chi connectivity index (χ0) is 26.5. The van der Waals surface area contributed by atoms with E-state index in [0.29, 0.717) is 6.79 Å². The number of hydrogen-bond donors (Lipinski definition) is 0. The van der Waals surface area contributed by atoms with E-state index in [4.69, 9.17) is 9.47 Å². The van der Waals surface area contributed by atoms with E-state index in [9.17, 15) is 0 Å². The third-order valence-electron chi connectivity index (χ3n) is 7.70. The van der Waals surface area contributed by atoms with E-state index in [-0.39, 0.29) is 0 Å². The van der Waals surface area contributed by atoms with Crippen molar-refractivity contribution >= 4 is 22.6 Å². The normalized spacial score (nSPS) is 18.1. The molecular weight excluding hydrogens is 543 g/mol. The van der Waals surface area contributed by atoms with Gasteiger partial charge in [-0.1, -0.05) is 90.8 Å². The third kappa shape index (κ3) is 23.5. The molecule has 35 heavy (non-hydrogen) atoms. The van der Waals surface area contributed by atoms with Crippen molar-refractivity contribution in [2.75, 3.05) is 24.4 Å². The van der Waals surface area contributed by atoms with Crippen molar-refractivity contribution in [1.29, 1.82) is 0 Å². The van der Waals surface area contributed by atoms with Crippen LogP contribution in [-0.2, 0) is 9.47 Å². The van der Waals surface area contributed by atoms with Crippen LogP contribution in [0.4, 0.5) is 0 Å². The van der Waals surface area contributed by atoms with E-state index >= 15 is 0 Å². The molecular formula is C32H65IO2. The van der Waals surface area contributed by atoms with Gasteiger partial charge in [0.25, 0.3) is 0 Å². The van der Waals surface area contributed by atoms with Crippen LogP contribution in [0.2, 0.25) is 0 Å². The Bertz CT molecular complexity index is 443. The molecule has 0 aliphatic rings. The molecule has 7 atom stereocenters. The fourth-order valence-electron chi connectivity index (χ4n) is 6.43. The SMILES string of the molecule is CCCCCOCOCCCC(C)CC(C)CC(C)CC(C)CC(C)CC(C)CC(C)CCCI. The number of rotatable bonds is 25. The first-order valence-electron chi connectivity index (χ1n) is 15.4. The lowest BCUT2D eigenvalue weighted by Crippen LogP contribution is -2.14. The van der Waals surface area contributed by atoms with Gasteiger partial charge in [0.2, 0.25) is 0 Å². The Morgan fingerprint density at radius 3 is 1.26 bits per heavy atom. The van der Waals surface area contributed by atoms with Gasteiger partial charge >= 0.3 is 0 Å². The molecule has 0 fully saturated rings. The molecule has 0 aliphatic heterocycles. The van der Waals surface area contributed by atoms with Gasteiger partial charge in [0.15, 0.2) is 0 Å². The number of unbranched alkanes of at least 4 members (excludes halogenated alkanes) is 2. The predicted octanol–water partition coefficient (Wildman–Crippen LogP) is 11.0. The minimum Gasteiger partial charge on any atom is -0.355 e. The summed E-state index contributed by atoms with van der Waals surface area (Å²) in [5.41, 5.74) is 0. The first-order chi connectivity index (χ1) is 16.7. The number of alkyl halides is 1. The Morgan fingerprint density at radius 1 is 0.486 bits per heavy atom. The summed E-state index contributed by atoms with van der Waals surface area (Å²) in [7, 11) is 0. The van der Waals surface area contributed by atoms with Crippen LogP contribution >= 0.6 is 22.6 Å². The lowest BCUT2D eigenvalue weighted by atomic mass is 9.80. The first-order valence-corrected chi connectivity index (χ1v) is 16.9. The molecule has 0 bridgehead atoms. The van der Waals surface area contributed by atoms with Crippen LogP contribution in [-0.4, -0.2) is 24.4 Å². The Kier molecular flexibility index (Phi) is 24.2. The highest BCUT2D eigenvalue weighted by molar-refractivity contribution is 14.1. The average Bonchev–Trinajstić information content (AvgIpc) is 2.75. The van der Waals surface area contributed by atoms with Crippen molar-refractivity contribution in [3.05, 3.63) is 0 Å². The van der Waals surface area contributed by atoms with Crippen LogP contribution in [0, 0.1) is 41.4 Å². The minimum absolute atomic E-state index is 0.472. The van der Waals surface area contributed by atoms with E-state index in [0.717, 1.165) is 67.5 Å². The highest BCUT2D eigenvalue weighted by Crippen LogP contribution is 2.30.